The van der Waals surface area contributed by atoms with E-state index in [1.165, 1.54) is 0 Å². The first-order valence-electron chi connectivity index (χ1n) is 5.05. The standard InChI is InChI=1S/C10H20F3NO/c1-5-9(2,14(3)4)8(15)6-7-10(11,12)13/h8,15H,5-7H2,1-4H3. The van der Waals surface area contributed by atoms with E-state index in [4.69, 9.17) is 0 Å². The molecule has 0 aliphatic heterocycles. The molecule has 0 aromatic heterocycles. The molecule has 0 radical (unpaired) electrons. The van der Waals surface area contributed by atoms with Gasteiger partial charge in [-0.3, -0.25) is 0 Å². The van der Waals surface area contributed by atoms with Crippen LogP contribution in [0.4, 0.5) is 13.2 Å². The average Bonchev–Trinajstić information content (AvgIpc) is 2.11. The van der Waals surface area contributed by atoms with Crippen molar-refractivity contribution in [3.8, 4) is 0 Å². The minimum Gasteiger partial charge on any atom is -0.391 e. The van der Waals surface area contributed by atoms with E-state index in [-0.39, 0.29) is 6.42 Å². The zero-order valence-electron chi connectivity index (χ0n) is 9.73. The molecule has 0 aliphatic carbocycles. The Kier molecular flexibility index (Phi) is 5.06. The minimum atomic E-state index is -4.19. The maximum atomic E-state index is 12.0. The Hall–Kier alpha value is -0.290. The number of aliphatic hydroxyl groups excluding tert-OH is 1. The van der Waals surface area contributed by atoms with Crippen LogP contribution in [0.15, 0.2) is 0 Å². The van der Waals surface area contributed by atoms with Gasteiger partial charge in [-0.15, -0.1) is 0 Å². The number of rotatable bonds is 5. The summed E-state index contributed by atoms with van der Waals surface area (Å²) in [6, 6.07) is 0. The predicted octanol–water partition coefficient (Wildman–Crippen LogP) is 2.42. The molecule has 2 unspecified atom stereocenters. The van der Waals surface area contributed by atoms with Crippen LogP contribution < -0.4 is 0 Å². The molecule has 0 aliphatic rings. The molecule has 0 heterocycles. The molecule has 5 heteroatoms. The third-order valence-electron chi connectivity index (χ3n) is 3.16. The van der Waals surface area contributed by atoms with E-state index in [1.54, 1.807) is 25.9 Å². The summed E-state index contributed by atoms with van der Waals surface area (Å²) in [5.41, 5.74) is -0.592. The van der Waals surface area contributed by atoms with Crippen LogP contribution in [0.2, 0.25) is 0 Å². The molecule has 2 atom stereocenters. The highest BCUT2D eigenvalue weighted by atomic mass is 19.4. The summed E-state index contributed by atoms with van der Waals surface area (Å²) in [6.07, 6.45) is -5.72. The summed E-state index contributed by atoms with van der Waals surface area (Å²) in [5.74, 6) is 0. The van der Waals surface area contributed by atoms with Crippen LogP contribution in [0, 0.1) is 0 Å². The van der Waals surface area contributed by atoms with E-state index in [1.807, 2.05) is 6.92 Å². The van der Waals surface area contributed by atoms with Crippen molar-refractivity contribution in [1.29, 1.82) is 0 Å². The van der Waals surface area contributed by atoms with Gasteiger partial charge in [0.1, 0.15) is 0 Å². The molecule has 2 nitrogen and oxygen atoms in total. The van der Waals surface area contributed by atoms with E-state index in [2.05, 4.69) is 0 Å². The minimum absolute atomic E-state index is 0.244. The maximum Gasteiger partial charge on any atom is 0.389 e. The first-order chi connectivity index (χ1) is 6.63. The molecule has 0 saturated heterocycles. The zero-order valence-corrected chi connectivity index (χ0v) is 9.73. The quantitative estimate of drug-likeness (QED) is 0.779. The summed E-state index contributed by atoms with van der Waals surface area (Å²) in [7, 11) is 3.53. The zero-order chi connectivity index (χ0) is 12.3. The van der Waals surface area contributed by atoms with Gasteiger partial charge in [0, 0.05) is 12.0 Å². The smallest absolute Gasteiger partial charge is 0.389 e. The van der Waals surface area contributed by atoms with Gasteiger partial charge in [0.15, 0.2) is 0 Å². The maximum absolute atomic E-state index is 12.0. The molecular weight excluding hydrogens is 207 g/mol. The van der Waals surface area contributed by atoms with E-state index < -0.39 is 24.2 Å². The third-order valence-corrected chi connectivity index (χ3v) is 3.16. The van der Waals surface area contributed by atoms with Gasteiger partial charge in [0.05, 0.1) is 6.10 Å². The van der Waals surface area contributed by atoms with Crippen LogP contribution in [0.5, 0.6) is 0 Å². The Morgan fingerprint density at radius 1 is 1.27 bits per heavy atom. The van der Waals surface area contributed by atoms with Gasteiger partial charge >= 0.3 is 6.18 Å². The number of hydrogen-bond donors (Lipinski definition) is 1. The van der Waals surface area contributed by atoms with Crippen LogP contribution in [0.1, 0.15) is 33.1 Å². The molecule has 0 aromatic carbocycles. The van der Waals surface area contributed by atoms with Crippen molar-refractivity contribution >= 4 is 0 Å². The SMILES string of the molecule is CCC(C)(C(O)CCC(F)(F)F)N(C)C. The number of alkyl halides is 3. The van der Waals surface area contributed by atoms with Crippen molar-refractivity contribution in [1.82, 2.24) is 4.90 Å². The molecule has 0 saturated carbocycles. The van der Waals surface area contributed by atoms with Crippen LogP contribution in [0.3, 0.4) is 0 Å². The van der Waals surface area contributed by atoms with Crippen LogP contribution in [-0.2, 0) is 0 Å². The fourth-order valence-electron chi connectivity index (χ4n) is 1.46. The second kappa shape index (κ2) is 5.16. The molecule has 0 amide bonds. The van der Waals surface area contributed by atoms with E-state index in [0.717, 1.165) is 0 Å². The summed E-state index contributed by atoms with van der Waals surface area (Å²) in [4.78, 5) is 1.77. The van der Waals surface area contributed by atoms with Gasteiger partial charge in [-0.25, -0.2) is 0 Å². The Morgan fingerprint density at radius 3 is 2.00 bits per heavy atom. The lowest BCUT2D eigenvalue weighted by Gasteiger charge is -2.40. The van der Waals surface area contributed by atoms with Gasteiger partial charge in [-0.2, -0.15) is 13.2 Å². The number of nitrogens with zero attached hydrogens (tertiary/aromatic N) is 1. The van der Waals surface area contributed by atoms with Crippen molar-refractivity contribution in [3.05, 3.63) is 0 Å². The molecular formula is C10H20F3NO. The highest BCUT2D eigenvalue weighted by Crippen LogP contribution is 2.28. The van der Waals surface area contributed by atoms with Crippen LogP contribution >= 0.6 is 0 Å². The molecule has 0 rings (SSSR count). The van der Waals surface area contributed by atoms with Gasteiger partial charge in [0.2, 0.25) is 0 Å². The predicted molar refractivity (Wildman–Crippen MR) is 53.7 cm³/mol. The summed E-state index contributed by atoms with van der Waals surface area (Å²) in [6.45, 7) is 3.63. The van der Waals surface area contributed by atoms with Crippen molar-refractivity contribution in [2.75, 3.05) is 14.1 Å². The lowest BCUT2D eigenvalue weighted by Crippen LogP contribution is -2.51. The van der Waals surface area contributed by atoms with Crippen molar-refractivity contribution < 1.29 is 18.3 Å². The van der Waals surface area contributed by atoms with Crippen LogP contribution in [0.25, 0.3) is 0 Å². The fraction of sp³-hybridized carbons (Fsp3) is 1.00. The van der Waals surface area contributed by atoms with Gasteiger partial charge in [-0.1, -0.05) is 6.92 Å². The Labute approximate surface area is 89.1 Å². The molecule has 0 bridgehead atoms. The van der Waals surface area contributed by atoms with Crippen molar-refractivity contribution in [2.45, 2.75) is 50.9 Å². The van der Waals surface area contributed by atoms with Crippen LogP contribution in [-0.4, -0.2) is 41.9 Å². The lowest BCUT2D eigenvalue weighted by atomic mass is 9.87. The highest BCUT2D eigenvalue weighted by molar-refractivity contribution is 4.89. The summed E-state index contributed by atoms with van der Waals surface area (Å²) in [5, 5.41) is 9.76. The Balaban J connectivity index is 4.35. The Morgan fingerprint density at radius 2 is 1.73 bits per heavy atom. The van der Waals surface area contributed by atoms with E-state index in [0.29, 0.717) is 6.42 Å². The Bertz CT molecular complexity index is 194. The first-order valence-corrected chi connectivity index (χ1v) is 5.05. The second-order valence-corrected chi connectivity index (χ2v) is 4.27. The van der Waals surface area contributed by atoms with Crippen molar-refractivity contribution in [3.63, 3.8) is 0 Å². The van der Waals surface area contributed by atoms with E-state index >= 15 is 0 Å². The van der Waals surface area contributed by atoms with Gasteiger partial charge in [-0.05, 0) is 33.9 Å². The average molecular weight is 227 g/mol. The monoisotopic (exact) mass is 227 g/mol. The number of likely N-dealkylation sites (N-methyl/N-ethyl adjacent to an activating group) is 1. The summed E-state index contributed by atoms with van der Waals surface area (Å²) < 4.78 is 36.0. The molecule has 0 aromatic rings. The number of halogens is 3. The number of aliphatic hydroxyl groups is 1. The number of hydrogen-bond acceptors (Lipinski definition) is 2. The highest BCUT2D eigenvalue weighted by Gasteiger charge is 2.36. The topological polar surface area (TPSA) is 23.5 Å². The van der Waals surface area contributed by atoms with Gasteiger partial charge < -0.3 is 10.0 Å². The molecule has 0 spiro atoms. The lowest BCUT2D eigenvalue weighted by molar-refractivity contribution is -0.144. The third kappa shape index (κ3) is 4.38. The largest absolute Gasteiger partial charge is 0.391 e. The fourth-order valence-corrected chi connectivity index (χ4v) is 1.46. The van der Waals surface area contributed by atoms with E-state index in [9.17, 15) is 18.3 Å². The van der Waals surface area contributed by atoms with Crippen molar-refractivity contribution in [2.24, 2.45) is 0 Å². The molecule has 1 N–H and O–H groups in total. The normalized spacial score (nSPS) is 19.0. The molecule has 0 fully saturated rings. The molecule has 92 valence electrons. The molecule has 15 heavy (non-hydrogen) atoms. The van der Waals surface area contributed by atoms with Gasteiger partial charge in [0.25, 0.3) is 0 Å². The summed E-state index contributed by atoms with van der Waals surface area (Å²) >= 11 is 0. The first kappa shape index (κ1) is 14.7. The second-order valence-electron chi connectivity index (χ2n) is 4.27.